The summed E-state index contributed by atoms with van der Waals surface area (Å²) in [7, 11) is 0. The number of nitrogens with one attached hydrogen (secondary N) is 1. The van der Waals surface area contributed by atoms with Crippen LogP contribution in [0.3, 0.4) is 0 Å². The van der Waals surface area contributed by atoms with Gasteiger partial charge in [0.15, 0.2) is 0 Å². The fraction of sp³-hybridized carbons (Fsp3) is 0.130. The molecular weight excluding hydrogens is 384 g/mol. The van der Waals surface area contributed by atoms with Crippen molar-refractivity contribution in [3.05, 3.63) is 112 Å². The van der Waals surface area contributed by atoms with Crippen molar-refractivity contribution in [1.82, 2.24) is 5.32 Å². The largest absolute Gasteiger partial charge is 0.461 e. The van der Waals surface area contributed by atoms with Gasteiger partial charge in [-0.2, -0.15) is 0 Å². The van der Waals surface area contributed by atoms with Crippen LogP contribution < -0.4 is 5.32 Å². The van der Waals surface area contributed by atoms with Gasteiger partial charge in [-0.25, -0.2) is 0 Å². The van der Waals surface area contributed by atoms with Crippen molar-refractivity contribution < 1.29 is 19.2 Å². The van der Waals surface area contributed by atoms with Crippen molar-refractivity contribution in [3.63, 3.8) is 0 Å². The fourth-order valence-corrected chi connectivity index (χ4v) is 2.87. The highest BCUT2D eigenvalue weighted by atomic mass is 16.6. The Balaban J connectivity index is 1.64. The number of ether oxygens (including phenoxy) is 1. The van der Waals surface area contributed by atoms with E-state index in [-0.39, 0.29) is 24.6 Å². The second-order valence-corrected chi connectivity index (χ2v) is 6.59. The molecule has 3 rings (SSSR count). The summed E-state index contributed by atoms with van der Waals surface area (Å²) in [4.78, 5) is 35.2. The van der Waals surface area contributed by atoms with E-state index >= 15 is 0 Å². The lowest BCUT2D eigenvalue weighted by Gasteiger charge is -2.19. The van der Waals surface area contributed by atoms with Gasteiger partial charge >= 0.3 is 5.97 Å². The molecule has 0 spiro atoms. The van der Waals surface area contributed by atoms with Crippen molar-refractivity contribution in [2.45, 2.75) is 19.1 Å². The molecule has 152 valence electrons. The summed E-state index contributed by atoms with van der Waals surface area (Å²) < 4.78 is 5.31. The highest BCUT2D eigenvalue weighted by Gasteiger charge is 2.20. The maximum absolute atomic E-state index is 12.6. The van der Waals surface area contributed by atoms with Crippen molar-refractivity contribution in [2.75, 3.05) is 0 Å². The van der Waals surface area contributed by atoms with Crippen LogP contribution in [0.2, 0.25) is 0 Å². The summed E-state index contributed by atoms with van der Waals surface area (Å²) in [5.74, 6) is -0.775. The Morgan fingerprint density at radius 2 is 1.50 bits per heavy atom. The van der Waals surface area contributed by atoms with Gasteiger partial charge in [0.2, 0.25) is 0 Å². The highest BCUT2D eigenvalue weighted by molar-refractivity contribution is 5.94. The number of nitro benzene ring substituents is 1. The van der Waals surface area contributed by atoms with E-state index in [2.05, 4.69) is 5.32 Å². The summed E-state index contributed by atoms with van der Waals surface area (Å²) in [6.07, 6.45) is -0.0461. The number of non-ortho nitro benzene ring substituents is 1. The molecule has 0 aliphatic heterocycles. The molecule has 0 radical (unpaired) electrons. The number of rotatable bonds is 8. The van der Waals surface area contributed by atoms with Gasteiger partial charge in [0.05, 0.1) is 17.4 Å². The summed E-state index contributed by atoms with van der Waals surface area (Å²) >= 11 is 0. The quantitative estimate of drug-likeness (QED) is 0.345. The van der Waals surface area contributed by atoms with E-state index in [1.54, 1.807) is 24.3 Å². The van der Waals surface area contributed by atoms with Crippen LogP contribution in [0.4, 0.5) is 5.69 Å². The summed E-state index contributed by atoms with van der Waals surface area (Å²) in [6.45, 7) is -0.00896. The molecule has 1 N–H and O–H groups in total. The van der Waals surface area contributed by atoms with Crippen molar-refractivity contribution in [3.8, 4) is 0 Å². The lowest BCUT2D eigenvalue weighted by Crippen LogP contribution is -2.30. The molecule has 1 unspecified atom stereocenters. The van der Waals surface area contributed by atoms with E-state index in [9.17, 15) is 19.7 Å². The van der Waals surface area contributed by atoms with E-state index in [1.807, 2.05) is 36.4 Å². The summed E-state index contributed by atoms with van der Waals surface area (Å²) in [6, 6.07) is 23.2. The lowest BCUT2D eigenvalue weighted by atomic mass is 10.0. The molecule has 0 saturated carbocycles. The molecule has 0 saturated heterocycles. The third-order valence-corrected chi connectivity index (χ3v) is 4.46. The molecule has 0 bridgehead atoms. The molecule has 1 amide bonds. The Morgan fingerprint density at radius 1 is 0.900 bits per heavy atom. The maximum atomic E-state index is 12.6. The van der Waals surface area contributed by atoms with Crippen molar-refractivity contribution >= 4 is 17.6 Å². The molecule has 1 atom stereocenters. The van der Waals surface area contributed by atoms with E-state index in [0.29, 0.717) is 11.1 Å². The van der Waals surface area contributed by atoms with Gasteiger partial charge in [-0.1, -0.05) is 48.5 Å². The number of nitrogens with zero attached hydrogens (tertiary/aromatic N) is 1. The van der Waals surface area contributed by atoms with Gasteiger partial charge in [-0.15, -0.1) is 0 Å². The number of hydrogen-bond donors (Lipinski definition) is 1. The number of benzene rings is 3. The van der Waals surface area contributed by atoms with Gasteiger partial charge < -0.3 is 10.1 Å². The van der Waals surface area contributed by atoms with Gasteiger partial charge in [-0.05, 0) is 35.4 Å². The minimum absolute atomic E-state index is 0.00896. The van der Waals surface area contributed by atoms with E-state index < -0.39 is 16.9 Å². The Hall–Kier alpha value is -4.00. The smallest absolute Gasteiger partial charge is 0.308 e. The molecule has 0 aliphatic carbocycles. The zero-order chi connectivity index (χ0) is 21.3. The monoisotopic (exact) mass is 404 g/mol. The zero-order valence-corrected chi connectivity index (χ0v) is 16.1. The van der Waals surface area contributed by atoms with Crippen LogP contribution >= 0.6 is 0 Å². The minimum atomic E-state index is -0.553. The van der Waals surface area contributed by atoms with Gasteiger partial charge in [0.25, 0.3) is 11.6 Å². The molecule has 3 aromatic carbocycles. The number of carbonyl (C=O) groups excluding carboxylic acids is 2. The normalized spacial score (nSPS) is 11.3. The SMILES string of the molecule is O=C(CC(NC(=O)c1ccccc1)c1ccccc1)OCc1ccc([N+](=O)[O-])cc1. The number of hydrogen-bond acceptors (Lipinski definition) is 5. The Bertz CT molecular complexity index is 1000. The van der Waals surface area contributed by atoms with Gasteiger partial charge in [0, 0.05) is 17.7 Å². The molecule has 0 heterocycles. The topological polar surface area (TPSA) is 98.5 Å². The molecule has 7 heteroatoms. The van der Waals surface area contributed by atoms with E-state index in [0.717, 1.165) is 5.56 Å². The van der Waals surface area contributed by atoms with Crippen LogP contribution in [0, 0.1) is 10.1 Å². The van der Waals surface area contributed by atoms with Crippen LogP contribution in [0.15, 0.2) is 84.9 Å². The number of esters is 1. The third-order valence-electron chi connectivity index (χ3n) is 4.46. The van der Waals surface area contributed by atoms with E-state index in [1.165, 1.54) is 24.3 Å². The first kappa shape index (κ1) is 20.7. The first-order valence-electron chi connectivity index (χ1n) is 9.33. The first-order chi connectivity index (χ1) is 14.5. The predicted molar refractivity (Wildman–Crippen MR) is 111 cm³/mol. The summed E-state index contributed by atoms with van der Waals surface area (Å²) in [5, 5.41) is 13.6. The van der Waals surface area contributed by atoms with Gasteiger partial charge in [-0.3, -0.25) is 19.7 Å². The van der Waals surface area contributed by atoms with Crippen molar-refractivity contribution in [1.29, 1.82) is 0 Å². The molecular formula is C23H20N2O5. The summed E-state index contributed by atoms with van der Waals surface area (Å²) in [5.41, 5.74) is 1.89. The standard InChI is InChI=1S/C23H20N2O5/c26-22(30-16-17-11-13-20(14-12-17)25(28)29)15-21(18-7-3-1-4-8-18)24-23(27)19-9-5-2-6-10-19/h1-14,21H,15-16H2,(H,24,27). The number of nitro groups is 1. The number of amides is 1. The molecule has 0 aromatic heterocycles. The zero-order valence-electron chi connectivity index (χ0n) is 16.1. The number of carbonyl (C=O) groups is 2. The average molecular weight is 404 g/mol. The van der Waals surface area contributed by atoms with Crippen LogP contribution in [0.25, 0.3) is 0 Å². The molecule has 0 aliphatic rings. The predicted octanol–water partition coefficient (Wildman–Crippen LogP) is 4.20. The maximum Gasteiger partial charge on any atom is 0.308 e. The van der Waals surface area contributed by atoms with Gasteiger partial charge in [0.1, 0.15) is 6.61 Å². The molecule has 30 heavy (non-hydrogen) atoms. The van der Waals surface area contributed by atoms with Crippen LogP contribution in [-0.2, 0) is 16.1 Å². The molecule has 3 aromatic rings. The Labute approximate surface area is 173 Å². The average Bonchev–Trinajstić information content (AvgIpc) is 2.78. The first-order valence-corrected chi connectivity index (χ1v) is 9.33. The molecule has 0 fully saturated rings. The highest BCUT2D eigenvalue weighted by Crippen LogP contribution is 2.19. The Kier molecular flexibility index (Phi) is 6.89. The van der Waals surface area contributed by atoms with Crippen LogP contribution in [0.1, 0.15) is 33.9 Å². The van der Waals surface area contributed by atoms with Crippen LogP contribution in [-0.4, -0.2) is 16.8 Å². The molecule has 7 nitrogen and oxygen atoms in total. The second kappa shape index (κ2) is 9.97. The third kappa shape index (κ3) is 5.75. The lowest BCUT2D eigenvalue weighted by molar-refractivity contribution is -0.384. The minimum Gasteiger partial charge on any atom is -0.461 e. The van der Waals surface area contributed by atoms with Crippen LogP contribution in [0.5, 0.6) is 0 Å². The fourth-order valence-electron chi connectivity index (χ4n) is 2.87. The van der Waals surface area contributed by atoms with Crippen molar-refractivity contribution in [2.24, 2.45) is 0 Å². The Morgan fingerprint density at radius 3 is 2.10 bits per heavy atom. The van der Waals surface area contributed by atoms with E-state index in [4.69, 9.17) is 4.74 Å². The second-order valence-electron chi connectivity index (χ2n) is 6.59.